The number of benzene rings is 2. The van der Waals surface area contributed by atoms with Crippen LogP contribution < -0.4 is 16.4 Å². The Balaban J connectivity index is 2.07. The molecule has 0 aliphatic carbocycles. The molecule has 6 heteroatoms. The molecule has 0 spiro atoms. The van der Waals surface area contributed by atoms with Gasteiger partial charge in [-0.2, -0.15) is 5.26 Å². The van der Waals surface area contributed by atoms with Crippen LogP contribution in [0, 0.1) is 17.1 Å². The molecule has 2 amide bonds. The molecule has 0 aliphatic rings. The van der Waals surface area contributed by atoms with Crippen molar-refractivity contribution >= 4 is 23.1 Å². The van der Waals surface area contributed by atoms with Crippen LogP contribution in [0.2, 0.25) is 0 Å². The van der Waals surface area contributed by atoms with Gasteiger partial charge in [0.2, 0.25) is 0 Å². The second-order valence-corrected chi connectivity index (χ2v) is 3.97. The topological polar surface area (TPSA) is 90.9 Å². The summed E-state index contributed by atoms with van der Waals surface area (Å²) in [5.74, 6) is -0.611. The number of carbonyl (C=O) groups excluding carboxylic acids is 1. The molecule has 0 unspecified atom stereocenters. The number of nitrogens with two attached hydrogens (primary N) is 1. The molecule has 0 saturated carbocycles. The van der Waals surface area contributed by atoms with E-state index < -0.39 is 11.8 Å². The molecular weight excluding hydrogens is 259 g/mol. The molecule has 0 aliphatic heterocycles. The molecule has 5 nitrogen and oxygen atoms in total. The summed E-state index contributed by atoms with van der Waals surface area (Å²) in [4.78, 5) is 11.7. The summed E-state index contributed by atoms with van der Waals surface area (Å²) >= 11 is 0. The maximum absolute atomic E-state index is 13.5. The van der Waals surface area contributed by atoms with Gasteiger partial charge < -0.3 is 16.4 Å². The lowest BCUT2D eigenvalue weighted by Crippen LogP contribution is -2.20. The van der Waals surface area contributed by atoms with Crippen LogP contribution in [-0.4, -0.2) is 6.03 Å². The van der Waals surface area contributed by atoms with E-state index in [4.69, 9.17) is 11.0 Å². The predicted octanol–water partition coefficient (Wildman–Crippen LogP) is 2.92. The van der Waals surface area contributed by atoms with E-state index in [0.29, 0.717) is 11.3 Å². The Hall–Kier alpha value is -3.07. The number of anilines is 3. The number of halogens is 1. The first-order valence-corrected chi connectivity index (χ1v) is 5.72. The van der Waals surface area contributed by atoms with E-state index in [0.717, 1.165) is 0 Å². The molecule has 2 aromatic rings. The van der Waals surface area contributed by atoms with Gasteiger partial charge in [0, 0.05) is 5.69 Å². The zero-order valence-corrected chi connectivity index (χ0v) is 10.4. The molecule has 2 aromatic carbocycles. The highest BCUT2D eigenvalue weighted by molar-refractivity contribution is 6.01. The average Bonchev–Trinajstić information content (AvgIpc) is 2.44. The Morgan fingerprint density at radius 3 is 2.45 bits per heavy atom. The highest BCUT2D eigenvalue weighted by atomic mass is 19.1. The maximum atomic E-state index is 13.5. The molecule has 0 radical (unpaired) electrons. The zero-order chi connectivity index (χ0) is 14.5. The van der Waals surface area contributed by atoms with E-state index in [1.165, 1.54) is 18.2 Å². The number of nitrogens with one attached hydrogen (secondary N) is 2. The number of urea groups is 1. The molecule has 0 aromatic heterocycles. The van der Waals surface area contributed by atoms with Gasteiger partial charge in [-0.15, -0.1) is 0 Å². The van der Waals surface area contributed by atoms with Crippen LogP contribution >= 0.6 is 0 Å². The molecule has 0 atom stereocenters. The first kappa shape index (κ1) is 13.4. The number of para-hydroxylation sites is 1. The summed E-state index contributed by atoms with van der Waals surface area (Å²) < 4.78 is 13.5. The van der Waals surface area contributed by atoms with Crippen LogP contribution in [0.15, 0.2) is 42.5 Å². The molecule has 100 valence electrons. The van der Waals surface area contributed by atoms with E-state index in [2.05, 4.69) is 10.6 Å². The van der Waals surface area contributed by atoms with Crippen LogP contribution in [-0.2, 0) is 0 Å². The summed E-state index contributed by atoms with van der Waals surface area (Å²) in [5.41, 5.74) is 6.61. The Morgan fingerprint density at radius 2 is 1.85 bits per heavy atom. The summed E-state index contributed by atoms with van der Waals surface area (Å²) in [6, 6.07) is 11.8. The van der Waals surface area contributed by atoms with Crippen molar-refractivity contribution in [3.05, 3.63) is 53.8 Å². The van der Waals surface area contributed by atoms with Gasteiger partial charge in [0.1, 0.15) is 11.5 Å². The third kappa shape index (κ3) is 3.03. The summed E-state index contributed by atoms with van der Waals surface area (Å²) in [6.07, 6.45) is 0. The fourth-order valence-corrected chi connectivity index (χ4v) is 1.58. The highest BCUT2D eigenvalue weighted by Gasteiger charge is 2.09. The standard InChI is InChI=1S/C14H11FN4O/c15-11-2-1-3-12(17)13(11)19-14(20)18-10-6-4-9(8-16)5-7-10/h1-7H,17H2,(H2,18,19,20). The molecule has 4 N–H and O–H groups in total. The number of nitriles is 1. The fraction of sp³-hybridized carbons (Fsp3) is 0. The molecule has 2 rings (SSSR count). The summed E-state index contributed by atoms with van der Waals surface area (Å²) in [6.45, 7) is 0. The van der Waals surface area contributed by atoms with Crippen LogP contribution in [0.5, 0.6) is 0 Å². The summed E-state index contributed by atoms with van der Waals surface area (Å²) in [7, 11) is 0. The predicted molar refractivity (Wildman–Crippen MR) is 74.6 cm³/mol. The van der Waals surface area contributed by atoms with Crippen molar-refractivity contribution in [2.45, 2.75) is 0 Å². The lowest BCUT2D eigenvalue weighted by Gasteiger charge is -2.10. The fourth-order valence-electron chi connectivity index (χ4n) is 1.58. The van der Waals surface area contributed by atoms with Gasteiger partial charge in [0.15, 0.2) is 0 Å². The third-order valence-electron chi connectivity index (χ3n) is 2.56. The van der Waals surface area contributed by atoms with Gasteiger partial charge in [-0.3, -0.25) is 0 Å². The molecule has 0 heterocycles. The number of carbonyl (C=O) groups is 1. The Bertz CT molecular complexity index is 656. The Kier molecular flexibility index (Phi) is 3.82. The molecule has 0 bridgehead atoms. The van der Waals surface area contributed by atoms with Crippen molar-refractivity contribution in [3.8, 4) is 6.07 Å². The van der Waals surface area contributed by atoms with Gasteiger partial charge in [0.25, 0.3) is 0 Å². The first-order chi connectivity index (χ1) is 9.60. The molecular formula is C14H11FN4O. The van der Waals surface area contributed by atoms with Crippen molar-refractivity contribution < 1.29 is 9.18 Å². The number of hydrogen-bond donors (Lipinski definition) is 3. The van der Waals surface area contributed by atoms with E-state index in [1.807, 2.05) is 6.07 Å². The first-order valence-electron chi connectivity index (χ1n) is 5.72. The highest BCUT2D eigenvalue weighted by Crippen LogP contribution is 2.22. The van der Waals surface area contributed by atoms with Crippen molar-refractivity contribution in [3.63, 3.8) is 0 Å². The smallest absolute Gasteiger partial charge is 0.323 e. The van der Waals surface area contributed by atoms with Gasteiger partial charge in [-0.05, 0) is 36.4 Å². The minimum atomic E-state index is -0.619. The minimum absolute atomic E-state index is 0.0707. The monoisotopic (exact) mass is 270 g/mol. The van der Waals surface area contributed by atoms with E-state index in [9.17, 15) is 9.18 Å². The number of amides is 2. The SMILES string of the molecule is N#Cc1ccc(NC(=O)Nc2c(N)cccc2F)cc1. The molecule has 0 fully saturated rings. The summed E-state index contributed by atoms with van der Waals surface area (Å²) in [5, 5.41) is 13.5. The third-order valence-corrected chi connectivity index (χ3v) is 2.56. The number of hydrogen-bond acceptors (Lipinski definition) is 3. The normalized spacial score (nSPS) is 9.60. The van der Waals surface area contributed by atoms with Gasteiger partial charge in [-0.1, -0.05) is 6.07 Å². The van der Waals surface area contributed by atoms with Crippen molar-refractivity contribution in [2.75, 3.05) is 16.4 Å². The van der Waals surface area contributed by atoms with E-state index in [1.54, 1.807) is 24.3 Å². The quantitative estimate of drug-likeness (QED) is 0.733. The second-order valence-electron chi connectivity index (χ2n) is 3.97. The van der Waals surface area contributed by atoms with Crippen LogP contribution in [0.25, 0.3) is 0 Å². The maximum Gasteiger partial charge on any atom is 0.323 e. The van der Waals surface area contributed by atoms with Gasteiger partial charge in [-0.25, -0.2) is 9.18 Å². The van der Waals surface area contributed by atoms with E-state index >= 15 is 0 Å². The van der Waals surface area contributed by atoms with Crippen molar-refractivity contribution in [1.82, 2.24) is 0 Å². The molecule has 0 saturated heterocycles. The van der Waals surface area contributed by atoms with E-state index in [-0.39, 0.29) is 11.4 Å². The van der Waals surface area contributed by atoms with Crippen LogP contribution in [0.4, 0.5) is 26.2 Å². The second kappa shape index (κ2) is 5.71. The number of nitrogens with zero attached hydrogens (tertiary/aromatic N) is 1. The van der Waals surface area contributed by atoms with Crippen LogP contribution in [0.1, 0.15) is 5.56 Å². The van der Waals surface area contributed by atoms with Crippen molar-refractivity contribution in [2.24, 2.45) is 0 Å². The zero-order valence-electron chi connectivity index (χ0n) is 10.4. The Labute approximate surface area is 114 Å². The van der Waals surface area contributed by atoms with Crippen molar-refractivity contribution in [1.29, 1.82) is 5.26 Å². The largest absolute Gasteiger partial charge is 0.397 e. The lowest BCUT2D eigenvalue weighted by atomic mass is 10.2. The minimum Gasteiger partial charge on any atom is -0.397 e. The number of rotatable bonds is 2. The van der Waals surface area contributed by atoms with Gasteiger partial charge >= 0.3 is 6.03 Å². The Morgan fingerprint density at radius 1 is 1.15 bits per heavy atom. The van der Waals surface area contributed by atoms with Gasteiger partial charge in [0.05, 0.1) is 17.3 Å². The average molecular weight is 270 g/mol. The molecule has 20 heavy (non-hydrogen) atoms. The number of nitrogen functional groups attached to an aromatic ring is 1. The lowest BCUT2D eigenvalue weighted by molar-refractivity contribution is 0.262. The van der Waals surface area contributed by atoms with Crippen LogP contribution in [0.3, 0.4) is 0 Å².